The molecule has 5 heteroatoms. The number of nitrogens with one attached hydrogen (secondary N) is 2. The van der Waals surface area contributed by atoms with Gasteiger partial charge in [0.05, 0.1) is 5.60 Å². The number of methoxy groups -OCH3 is 1. The van der Waals surface area contributed by atoms with Crippen molar-refractivity contribution in [2.24, 2.45) is 5.92 Å². The monoisotopic (exact) mass is 328 g/mol. The molecule has 1 fully saturated rings. The van der Waals surface area contributed by atoms with Crippen LogP contribution in [0.4, 0.5) is 4.79 Å². The molecule has 0 saturated heterocycles. The Morgan fingerprint density at radius 2 is 1.78 bits per heavy atom. The van der Waals surface area contributed by atoms with E-state index in [0.29, 0.717) is 18.5 Å². The number of amides is 1. The molecule has 0 radical (unpaired) electrons. The van der Waals surface area contributed by atoms with E-state index < -0.39 is 5.60 Å². The van der Waals surface area contributed by atoms with Crippen molar-refractivity contribution in [3.8, 4) is 0 Å². The van der Waals surface area contributed by atoms with Gasteiger partial charge in [-0.05, 0) is 66.3 Å². The Morgan fingerprint density at radius 3 is 2.30 bits per heavy atom. The molecular formula is C18H36N2O3. The van der Waals surface area contributed by atoms with Crippen molar-refractivity contribution in [1.29, 1.82) is 0 Å². The van der Waals surface area contributed by atoms with E-state index in [1.165, 1.54) is 25.7 Å². The van der Waals surface area contributed by atoms with Gasteiger partial charge in [0.15, 0.2) is 0 Å². The lowest BCUT2D eigenvalue weighted by Gasteiger charge is -2.29. The van der Waals surface area contributed by atoms with E-state index in [1.54, 1.807) is 7.11 Å². The van der Waals surface area contributed by atoms with E-state index in [4.69, 9.17) is 9.47 Å². The highest BCUT2D eigenvalue weighted by molar-refractivity contribution is 5.67. The number of hydrogen-bond acceptors (Lipinski definition) is 4. The molecule has 0 aromatic rings. The molecule has 0 heterocycles. The normalized spacial score (nSPS) is 18.0. The molecule has 1 aliphatic carbocycles. The first-order valence-electron chi connectivity index (χ1n) is 8.88. The Hall–Kier alpha value is -0.810. The summed E-state index contributed by atoms with van der Waals surface area (Å²) in [5.74, 6) is 0.635. The molecule has 23 heavy (non-hydrogen) atoms. The molecule has 0 aliphatic heterocycles. The Balaban J connectivity index is 2.44. The molecule has 0 aromatic carbocycles. The van der Waals surface area contributed by atoms with Crippen molar-refractivity contribution in [2.45, 2.75) is 84.0 Å². The summed E-state index contributed by atoms with van der Waals surface area (Å²) in [5.41, 5.74) is -0.575. The molecule has 2 N–H and O–H groups in total. The molecule has 0 aromatic heterocycles. The van der Waals surface area contributed by atoms with Crippen LogP contribution in [0.1, 0.15) is 66.7 Å². The smallest absolute Gasteiger partial charge is 0.407 e. The maximum absolute atomic E-state index is 11.9. The first-order valence-corrected chi connectivity index (χ1v) is 8.88. The van der Waals surface area contributed by atoms with Gasteiger partial charge >= 0.3 is 6.09 Å². The van der Waals surface area contributed by atoms with Crippen LogP contribution in [0, 0.1) is 5.92 Å². The van der Waals surface area contributed by atoms with Crippen LogP contribution in [0.15, 0.2) is 0 Å². The fourth-order valence-electron chi connectivity index (χ4n) is 2.93. The molecule has 1 saturated carbocycles. The molecule has 1 aliphatic rings. The summed E-state index contributed by atoms with van der Waals surface area (Å²) in [7, 11) is 1.75. The third-order valence-corrected chi connectivity index (χ3v) is 4.52. The van der Waals surface area contributed by atoms with Crippen molar-refractivity contribution >= 4 is 6.09 Å². The molecule has 1 atom stereocenters. The number of rotatable bonds is 8. The van der Waals surface area contributed by atoms with Gasteiger partial charge in [0.1, 0.15) is 5.60 Å². The minimum atomic E-state index is -0.456. The van der Waals surface area contributed by atoms with Gasteiger partial charge in [-0.1, -0.05) is 12.8 Å². The summed E-state index contributed by atoms with van der Waals surface area (Å²) < 4.78 is 10.8. The summed E-state index contributed by atoms with van der Waals surface area (Å²) >= 11 is 0. The fraction of sp³-hybridized carbons (Fsp3) is 0.944. The SMILES string of the molecule is COC(C)(C)CCNC(CNC(=O)OC(C)(C)C)C1CCCC1. The summed E-state index contributed by atoms with van der Waals surface area (Å²) in [4.78, 5) is 11.9. The molecule has 0 bridgehead atoms. The maximum Gasteiger partial charge on any atom is 0.407 e. The number of hydrogen-bond donors (Lipinski definition) is 2. The second-order valence-electron chi connectivity index (χ2n) is 8.20. The Labute approximate surface area is 141 Å². The van der Waals surface area contributed by atoms with Crippen LogP contribution in [0.5, 0.6) is 0 Å². The van der Waals surface area contributed by atoms with Crippen LogP contribution in [-0.2, 0) is 9.47 Å². The summed E-state index contributed by atoms with van der Waals surface area (Å²) in [6.07, 6.45) is 5.67. The van der Waals surface area contributed by atoms with Crippen LogP contribution in [-0.4, -0.2) is 43.5 Å². The first-order chi connectivity index (χ1) is 10.6. The van der Waals surface area contributed by atoms with Gasteiger partial charge in [-0.25, -0.2) is 4.79 Å². The molecule has 1 rings (SSSR count). The number of ether oxygens (including phenoxy) is 2. The van der Waals surface area contributed by atoms with Gasteiger partial charge in [-0.15, -0.1) is 0 Å². The van der Waals surface area contributed by atoms with Crippen molar-refractivity contribution in [3.63, 3.8) is 0 Å². The van der Waals surface area contributed by atoms with Crippen LogP contribution in [0.3, 0.4) is 0 Å². The summed E-state index contributed by atoms with van der Waals surface area (Å²) in [6.45, 7) is 11.3. The maximum atomic E-state index is 11.9. The van der Waals surface area contributed by atoms with E-state index in [-0.39, 0.29) is 11.7 Å². The van der Waals surface area contributed by atoms with Gasteiger partial charge in [0, 0.05) is 19.7 Å². The lowest BCUT2D eigenvalue weighted by Crippen LogP contribution is -2.47. The zero-order chi connectivity index (χ0) is 17.5. The van der Waals surface area contributed by atoms with Crippen LogP contribution in [0.2, 0.25) is 0 Å². The fourth-order valence-corrected chi connectivity index (χ4v) is 2.93. The Kier molecular flexibility index (Phi) is 7.81. The molecule has 0 spiro atoms. The summed E-state index contributed by atoms with van der Waals surface area (Å²) in [5, 5.41) is 6.54. The van der Waals surface area contributed by atoms with Crippen molar-refractivity contribution in [3.05, 3.63) is 0 Å². The molecule has 5 nitrogen and oxygen atoms in total. The van der Waals surface area contributed by atoms with Crippen molar-refractivity contribution < 1.29 is 14.3 Å². The van der Waals surface area contributed by atoms with E-state index >= 15 is 0 Å². The van der Waals surface area contributed by atoms with Crippen LogP contribution in [0.25, 0.3) is 0 Å². The number of carbonyl (C=O) groups excluding carboxylic acids is 1. The molecule has 1 amide bonds. The predicted molar refractivity (Wildman–Crippen MR) is 93.7 cm³/mol. The van der Waals surface area contributed by atoms with Gasteiger partial charge in [-0.2, -0.15) is 0 Å². The van der Waals surface area contributed by atoms with Gasteiger partial charge in [0.2, 0.25) is 0 Å². The van der Waals surface area contributed by atoms with Crippen LogP contribution >= 0.6 is 0 Å². The zero-order valence-electron chi connectivity index (χ0n) is 15.8. The third-order valence-electron chi connectivity index (χ3n) is 4.52. The largest absolute Gasteiger partial charge is 0.444 e. The van der Waals surface area contributed by atoms with E-state index in [0.717, 1.165) is 13.0 Å². The van der Waals surface area contributed by atoms with Gasteiger partial charge in [0.25, 0.3) is 0 Å². The topological polar surface area (TPSA) is 59.6 Å². The molecular weight excluding hydrogens is 292 g/mol. The third kappa shape index (κ3) is 8.56. The average Bonchev–Trinajstić information content (AvgIpc) is 2.94. The van der Waals surface area contributed by atoms with Crippen molar-refractivity contribution in [2.75, 3.05) is 20.2 Å². The minimum absolute atomic E-state index is 0.119. The average molecular weight is 328 g/mol. The Morgan fingerprint density at radius 1 is 1.17 bits per heavy atom. The second-order valence-corrected chi connectivity index (χ2v) is 8.20. The van der Waals surface area contributed by atoms with E-state index in [2.05, 4.69) is 24.5 Å². The second kappa shape index (κ2) is 8.88. The Bertz CT molecular complexity index is 358. The van der Waals surface area contributed by atoms with Crippen molar-refractivity contribution in [1.82, 2.24) is 10.6 Å². The lowest BCUT2D eigenvalue weighted by atomic mass is 9.97. The lowest BCUT2D eigenvalue weighted by molar-refractivity contribution is 0.0148. The van der Waals surface area contributed by atoms with E-state index in [1.807, 2.05) is 20.8 Å². The highest BCUT2D eigenvalue weighted by Gasteiger charge is 2.26. The number of carbonyl (C=O) groups is 1. The highest BCUT2D eigenvalue weighted by atomic mass is 16.6. The molecule has 136 valence electrons. The highest BCUT2D eigenvalue weighted by Crippen LogP contribution is 2.27. The van der Waals surface area contributed by atoms with E-state index in [9.17, 15) is 4.79 Å². The minimum Gasteiger partial charge on any atom is -0.444 e. The van der Waals surface area contributed by atoms with Gasteiger partial charge < -0.3 is 20.1 Å². The number of alkyl carbamates (subject to hydrolysis) is 1. The van der Waals surface area contributed by atoms with Crippen LogP contribution < -0.4 is 10.6 Å². The predicted octanol–water partition coefficient (Wildman–Crippen LogP) is 3.47. The standard InChI is InChI=1S/C18H36N2O3/c1-17(2,3)23-16(21)20-13-15(14-9-7-8-10-14)19-12-11-18(4,5)22-6/h14-15,19H,7-13H2,1-6H3,(H,20,21). The molecule has 1 unspecified atom stereocenters. The van der Waals surface area contributed by atoms with Gasteiger partial charge in [-0.3, -0.25) is 0 Å². The first kappa shape index (κ1) is 20.2. The zero-order valence-corrected chi connectivity index (χ0v) is 15.8. The quantitative estimate of drug-likeness (QED) is 0.716. The summed E-state index contributed by atoms with van der Waals surface area (Å²) in [6, 6.07) is 0.303.